The van der Waals surface area contributed by atoms with Crippen LogP contribution in [0.2, 0.25) is 0 Å². The molecule has 3 heterocycles. The third kappa shape index (κ3) is 4.10. The standard InChI is InChI=1S/C17H24N6O/c1-13(2)4-5-14-12-15(24)21-17(20-14)23-10-8-22(9-11-23)16-18-6-3-7-19-16/h3,6-7,12-13H,4-5,8-11H2,1-2H3,(H,20,21,24). The SMILES string of the molecule is CC(C)CCc1cc(=O)[nH]c(N2CCN(c3ncccn3)CC2)n1. The van der Waals surface area contributed by atoms with Crippen molar-refractivity contribution in [2.45, 2.75) is 26.7 Å². The molecule has 3 rings (SSSR count). The van der Waals surface area contributed by atoms with Crippen LogP contribution in [-0.4, -0.2) is 46.1 Å². The van der Waals surface area contributed by atoms with Crippen molar-refractivity contribution in [3.8, 4) is 0 Å². The molecular formula is C17H24N6O. The van der Waals surface area contributed by atoms with Crippen molar-refractivity contribution < 1.29 is 0 Å². The molecule has 0 unspecified atom stereocenters. The van der Waals surface area contributed by atoms with E-state index in [-0.39, 0.29) is 5.56 Å². The Morgan fingerprint density at radius 3 is 2.46 bits per heavy atom. The normalized spacial score (nSPS) is 15.1. The van der Waals surface area contributed by atoms with Crippen molar-refractivity contribution in [3.63, 3.8) is 0 Å². The van der Waals surface area contributed by atoms with Crippen LogP contribution < -0.4 is 15.4 Å². The Bertz CT molecular complexity index is 707. The number of piperazine rings is 1. The first-order valence-electron chi connectivity index (χ1n) is 8.49. The van der Waals surface area contributed by atoms with E-state index >= 15 is 0 Å². The molecule has 0 atom stereocenters. The van der Waals surface area contributed by atoms with Gasteiger partial charge < -0.3 is 9.80 Å². The van der Waals surface area contributed by atoms with Crippen LogP contribution in [0.25, 0.3) is 0 Å². The first-order chi connectivity index (χ1) is 11.6. The third-order valence-electron chi connectivity index (χ3n) is 4.17. The summed E-state index contributed by atoms with van der Waals surface area (Å²) in [5.41, 5.74) is 0.795. The molecule has 1 saturated heterocycles. The molecule has 0 saturated carbocycles. The van der Waals surface area contributed by atoms with Crippen molar-refractivity contribution in [1.29, 1.82) is 0 Å². The van der Waals surface area contributed by atoms with Gasteiger partial charge in [0.25, 0.3) is 5.56 Å². The summed E-state index contributed by atoms with van der Waals surface area (Å²) in [7, 11) is 0. The van der Waals surface area contributed by atoms with Crippen molar-refractivity contribution >= 4 is 11.9 Å². The minimum absolute atomic E-state index is 0.0763. The molecule has 128 valence electrons. The maximum Gasteiger partial charge on any atom is 0.252 e. The number of aromatic nitrogens is 4. The second-order valence-corrected chi connectivity index (χ2v) is 6.52. The molecule has 1 aliphatic heterocycles. The van der Waals surface area contributed by atoms with Crippen molar-refractivity contribution in [2.24, 2.45) is 5.92 Å². The molecule has 1 fully saturated rings. The Morgan fingerprint density at radius 1 is 1.12 bits per heavy atom. The number of hydrogen-bond acceptors (Lipinski definition) is 6. The van der Waals surface area contributed by atoms with Crippen molar-refractivity contribution in [3.05, 3.63) is 40.6 Å². The summed E-state index contributed by atoms with van der Waals surface area (Å²) in [6, 6.07) is 3.43. The summed E-state index contributed by atoms with van der Waals surface area (Å²) in [6.45, 7) is 7.55. The summed E-state index contributed by atoms with van der Waals surface area (Å²) in [4.78, 5) is 32.3. The highest BCUT2D eigenvalue weighted by Gasteiger charge is 2.20. The fourth-order valence-corrected chi connectivity index (χ4v) is 2.78. The van der Waals surface area contributed by atoms with E-state index in [9.17, 15) is 4.79 Å². The van der Waals surface area contributed by atoms with Gasteiger partial charge in [0.05, 0.1) is 0 Å². The van der Waals surface area contributed by atoms with Gasteiger partial charge in [-0.2, -0.15) is 0 Å². The van der Waals surface area contributed by atoms with Gasteiger partial charge in [-0.05, 0) is 24.8 Å². The summed E-state index contributed by atoms with van der Waals surface area (Å²) >= 11 is 0. The first kappa shape index (κ1) is 16.4. The molecule has 2 aromatic rings. The summed E-state index contributed by atoms with van der Waals surface area (Å²) < 4.78 is 0. The molecule has 0 aliphatic carbocycles. The maximum atomic E-state index is 11.9. The van der Waals surface area contributed by atoms with Gasteiger partial charge in [0.1, 0.15) is 0 Å². The van der Waals surface area contributed by atoms with Gasteiger partial charge >= 0.3 is 0 Å². The van der Waals surface area contributed by atoms with Gasteiger partial charge in [-0.25, -0.2) is 15.0 Å². The Hall–Kier alpha value is -2.44. The van der Waals surface area contributed by atoms with Gasteiger partial charge in [0.2, 0.25) is 11.9 Å². The lowest BCUT2D eigenvalue weighted by molar-refractivity contribution is 0.578. The van der Waals surface area contributed by atoms with Gasteiger partial charge in [-0.1, -0.05) is 13.8 Å². The Balaban J connectivity index is 1.66. The Morgan fingerprint density at radius 2 is 1.79 bits per heavy atom. The van der Waals surface area contributed by atoms with Gasteiger partial charge in [-0.15, -0.1) is 0 Å². The monoisotopic (exact) mass is 328 g/mol. The second-order valence-electron chi connectivity index (χ2n) is 6.52. The number of H-pyrrole nitrogens is 1. The van der Waals surface area contributed by atoms with Crippen molar-refractivity contribution in [2.75, 3.05) is 36.0 Å². The fourth-order valence-electron chi connectivity index (χ4n) is 2.78. The topological polar surface area (TPSA) is 78.0 Å². The lowest BCUT2D eigenvalue weighted by Gasteiger charge is -2.34. The van der Waals surface area contributed by atoms with Crippen LogP contribution in [0.1, 0.15) is 26.0 Å². The van der Waals surface area contributed by atoms with Crippen LogP contribution in [-0.2, 0) is 6.42 Å². The predicted molar refractivity (Wildman–Crippen MR) is 94.5 cm³/mol. The maximum absolute atomic E-state index is 11.9. The van der Waals surface area contributed by atoms with Gasteiger partial charge in [-0.3, -0.25) is 9.78 Å². The zero-order valence-corrected chi connectivity index (χ0v) is 14.3. The molecule has 1 aliphatic rings. The lowest BCUT2D eigenvalue weighted by Crippen LogP contribution is -2.48. The van der Waals surface area contributed by atoms with E-state index in [2.05, 4.69) is 43.6 Å². The van der Waals surface area contributed by atoms with Gasteiger partial charge in [0, 0.05) is 50.3 Å². The summed E-state index contributed by atoms with van der Waals surface area (Å²) in [6.07, 6.45) is 5.39. The number of nitrogens with one attached hydrogen (secondary N) is 1. The molecule has 24 heavy (non-hydrogen) atoms. The zero-order chi connectivity index (χ0) is 16.9. The van der Waals surface area contributed by atoms with E-state index in [1.807, 2.05) is 6.07 Å². The van der Waals surface area contributed by atoms with E-state index in [4.69, 9.17) is 0 Å². The largest absolute Gasteiger partial charge is 0.339 e. The molecule has 0 amide bonds. The number of aromatic amines is 1. The van der Waals surface area contributed by atoms with E-state index in [0.29, 0.717) is 11.9 Å². The van der Waals surface area contributed by atoms with E-state index < -0.39 is 0 Å². The number of aryl methyl sites for hydroxylation is 1. The molecular weight excluding hydrogens is 304 g/mol. The highest BCUT2D eigenvalue weighted by atomic mass is 16.1. The molecule has 1 N–H and O–H groups in total. The quantitative estimate of drug-likeness (QED) is 0.896. The number of hydrogen-bond donors (Lipinski definition) is 1. The molecule has 0 radical (unpaired) electrons. The second kappa shape index (κ2) is 7.42. The minimum atomic E-state index is -0.0763. The molecule has 0 bridgehead atoms. The number of rotatable bonds is 5. The molecule has 7 heteroatoms. The molecule has 7 nitrogen and oxygen atoms in total. The van der Waals surface area contributed by atoms with Crippen LogP contribution >= 0.6 is 0 Å². The minimum Gasteiger partial charge on any atom is -0.339 e. The highest BCUT2D eigenvalue weighted by molar-refractivity contribution is 5.37. The fraction of sp³-hybridized carbons (Fsp3) is 0.529. The van der Waals surface area contributed by atoms with Crippen LogP contribution in [0.15, 0.2) is 29.3 Å². The summed E-state index contributed by atoms with van der Waals surface area (Å²) in [5.74, 6) is 2.03. The van der Waals surface area contributed by atoms with Crippen LogP contribution in [0, 0.1) is 5.92 Å². The summed E-state index contributed by atoms with van der Waals surface area (Å²) in [5, 5.41) is 0. The van der Waals surface area contributed by atoms with E-state index in [1.54, 1.807) is 18.5 Å². The molecule has 0 aromatic carbocycles. The lowest BCUT2D eigenvalue weighted by atomic mass is 10.1. The average molecular weight is 328 g/mol. The highest BCUT2D eigenvalue weighted by Crippen LogP contribution is 2.14. The molecule has 0 spiro atoms. The smallest absolute Gasteiger partial charge is 0.252 e. The first-order valence-corrected chi connectivity index (χ1v) is 8.49. The third-order valence-corrected chi connectivity index (χ3v) is 4.17. The Kier molecular flexibility index (Phi) is 5.08. The zero-order valence-electron chi connectivity index (χ0n) is 14.3. The molecule has 2 aromatic heterocycles. The van der Waals surface area contributed by atoms with E-state index in [0.717, 1.165) is 50.7 Å². The van der Waals surface area contributed by atoms with Crippen molar-refractivity contribution in [1.82, 2.24) is 19.9 Å². The van der Waals surface area contributed by atoms with Crippen LogP contribution in [0.5, 0.6) is 0 Å². The van der Waals surface area contributed by atoms with Crippen LogP contribution in [0.3, 0.4) is 0 Å². The predicted octanol–water partition coefficient (Wildman–Crippen LogP) is 1.48. The average Bonchev–Trinajstić information content (AvgIpc) is 2.60. The van der Waals surface area contributed by atoms with Crippen LogP contribution in [0.4, 0.5) is 11.9 Å². The Labute approximate surface area is 141 Å². The van der Waals surface area contributed by atoms with E-state index in [1.165, 1.54) is 0 Å². The number of anilines is 2. The number of nitrogens with zero attached hydrogens (tertiary/aromatic N) is 5. The van der Waals surface area contributed by atoms with Gasteiger partial charge in [0.15, 0.2) is 0 Å².